The number of pyridine rings is 1. The number of nitrogens with one attached hydrogen (secondary N) is 1. The van der Waals surface area contributed by atoms with Gasteiger partial charge in [-0.05, 0) is 37.7 Å². The number of aryl methyl sites for hydroxylation is 1. The molecule has 1 N–H and O–H groups in total. The Hall–Kier alpha value is -1.21. The van der Waals surface area contributed by atoms with Gasteiger partial charge in [-0.3, -0.25) is 4.57 Å². The number of hydrogen-bond donors (Lipinski definition) is 1. The number of sulfone groups is 1. The van der Waals surface area contributed by atoms with Crippen molar-refractivity contribution in [2.45, 2.75) is 19.9 Å². The zero-order valence-corrected chi connectivity index (χ0v) is 12.1. The van der Waals surface area contributed by atoms with Gasteiger partial charge >= 0.3 is 0 Å². The molecular weight excluding hydrogens is 270 g/mol. The Morgan fingerprint density at radius 2 is 2.22 bits per heavy atom. The highest BCUT2D eigenvalue weighted by Crippen LogP contribution is 2.20. The summed E-state index contributed by atoms with van der Waals surface area (Å²) in [7, 11) is -3.05. The zero-order chi connectivity index (χ0) is 13.5. The van der Waals surface area contributed by atoms with Crippen molar-refractivity contribution in [1.82, 2.24) is 14.5 Å². The average molecular weight is 285 g/mol. The van der Waals surface area contributed by atoms with E-state index in [9.17, 15) is 8.42 Å². The third kappa shape index (κ3) is 2.46. The normalized spacial score (nSPS) is 13.9. The fourth-order valence-electron chi connectivity index (χ4n) is 2.07. The van der Waals surface area contributed by atoms with E-state index in [-0.39, 0.29) is 11.8 Å². The van der Waals surface area contributed by atoms with Crippen molar-refractivity contribution < 1.29 is 8.42 Å². The summed E-state index contributed by atoms with van der Waals surface area (Å²) < 4.78 is 25.0. The Labute approximate surface area is 111 Å². The van der Waals surface area contributed by atoms with E-state index < -0.39 is 9.84 Å². The van der Waals surface area contributed by atoms with E-state index in [1.165, 1.54) is 6.26 Å². The standard InChI is InChI=1S/C11H15N3O2S2/c1-7-4-5-12-10-9(7)13-11(17)14(10)8(2)6-18(3,15)16/h4-5,8H,6H2,1-3H3,(H,13,17). The maximum absolute atomic E-state index is 11.4. The molecule has 0 saturated heterocycles. The lowest BCUT2D eigenvalue weighted by Crippen LogP contribution is -2.16. The van der Waals surface area contributed by atoms with Crippen molar-refractivity contribution in [3.8, 4) is 0 Å². The van der Waals surface area contributed by atoms with Gasteiger partial charge in [0.25, 0.3) is 0 Å². The van der Waals surface area contributed by atoms with Crippen LogP contribution in [0.5, 0.6) is 0 Å². The fourth-order valence-corrected chi connectivity index (χ4v) is 3.46. The Bertz CT molecular complexity index is 743. The number of aromatic nitrogens is 3. The van der Waals surface area contributed by atoms with Crippen molar-refractivity contribution >= 4 is 33.2 Å². The molecule has 0 aliphatic heterocycles. The number of H-pyrrole nitrogens is 1. The van der Waals surface area contributed by atoms with Crippen molar-refractivity contribution in [2.75, 3.05) is 12.0 Å². The number of nitrogens with zero attached hydrogens (tertiary/aromatic N) is 2. The van der Waals surface area contributed by atoms with Crippen LogP contribution < -0.4 is 0 Å². The van der Waals surface area contributed by atoms with E-state index in [0.29, 0.717) is 10.4 Å². The van der Waals surface area contributed by atoms with Crippen molar-refractivity contribution in [3.63, 3.8) is 0 Å². The van der Waals surface area contributed by atoms with Gasteiger partial charge in [-0.25, -0.2) is 13.4 Å². The molecule has 18 heavy (non-hydrogen) atoms. The average Bonchev–Trinajstić information content (AvgIpc) is 2.53. The van der Waals surface area contributed by atoms with Crippen LogP contribution in [-0.2, 0) is 9.84 Å². The first-order valence-electron chi connectivity index (χ1n) is 5.53. The number of aromatic amines is 1. The van der Waals surface area contributed by atoms with Crippen molar-refractivity contribution in [3.05, 3.63) is 22.6 Å². The van der Waals surface area contributed by atoms with Gasteiger partial charge in [-0.2, -0.15) is 0 Å². The molecule has 2 aromatic rings. The first-order valence-corrected chi connectivity index (χ1v) is 8.00. The Morgan fingerprint density at radius 1 is 1.56 bits per heavy atom. The van der Waals surface area contributed by atoms with Crippen LogP contribution in [0.15, 0.2) is 12.3 Å². The van der Waals surface area contributed by atoms with Crippen molar-refractivity contribution in [1.29, 1.82) is 0 Å². The second kappa shape index (κ2) is 4.47. The van der Waals surface area contributed by atoms with E-state index in [2.05, 4.69) is 9.97 Å². The SMILES string of the molecule is Cc1ccnc2c1[nH]c(=S)n2C(C)CS(C)(=O)=O. The first-order chi connectivity index (χ1) is 8.29. The van der Waals surface area contributed by atoms with Gasteiger partial charge in [0.05, 0.1) is 11.3 Å². The van der Waals surface area contributed by atoms with E-state index in [1.807, 2.05) is 19.9 Å². The zero-order valence-electron chi connectivity index (χ0n) is 10.5. The molecule has 0 aliphatic carbocycles. The minimum Gasteiger partial charge on any atom is -0.329 e. The number of fused-ring (bicyclic) bond motifs is 1. The number of hydrogen-bond acceptors (Lipinski definition) is 4. The molecular formula is C11H15N3O2S2. The van der Waals surface area contributed by atoms with Crippen LogP contribution in [0.25, 0.3) is 11.2 Å². The summed E-state index contributed by atoms with van der Waals surface area (Å²) in [5.41, 5.74) is 2.61. The topological polar surface area (TPSA) is 67.8 Å². The highest BCUT2D eigenvalue weighted by Gasteiger charge is 2.17. The van der Waals surface area contributed by atoms with Crippen LogP contribution in [0.2, 0.25) is 0 Å². The van der Waals surface area contributed by atoms with Crippen LogP contribution >= 0.6 is 12.2 Å². The van der Waals surface area contributed by atoms with Gasteiger partial charge in [-0.15, -0.1) is 0 Å². The molecule has 1 atom stereocenters. The van der Waals surface area contributed by atoms with Crippen molar-refractivity contribution in [2.24, 2.45) is 0 Å². The predicted molar refractivity (Wildman–Crippen MR) is 74.1 cm³/mol. The summed E-state index contributed by atoms with van der Waals surface area (Å²) in [5.74, 6) is 0.0455. The summed E-state index contributed by atoms with van der Waals surface area (Å²) >= 11 is 5.25. The molecule has 0 radical (unpaired) electrons. The second-order valence-electron chi connectivity index (χ2n) is 4.57. The van der Waals surface area contributed by atoms with E-state index in [0.717, 1.165) is 11.1 Å². The number of rotatable bonds is 3. The molecule has 0 amide bonds. The van der Waals surface area contributed by atoms with E-state index >= 15 is 0 Å². The molecule has 5 nitrogen and oxygen atoms in total. The molecule has 2 heterocycles. The van der Waals surface area contributed by atoms with E-state index in [1.54, 1.807) is 10.8 Å². The quantitative estimate of drug-likeness (QED) is 0.876. The van der Waals surface area contributed by atoms with Crippen LogP contribution in [0.4, 0.5) is 0 Å². The van der Waals surface area contributed by atoms with E-state index in [4.69, 9.17) is 12.2 Å². The van der Waals surface area contributed by atoms with Crippen LogP contribution in [0.1, 0.15) is 18.5 Å². The maximum Gasteiger partial charge on any atom is 0.179 e. The highest BCUT2D eigenvalue weighted by atomic mass is 32.2. The van der Waals surface area contributed by atoms with Gasteiger partial charge < -0.3 is 4.98 Å². The summed E-state index contributed by atoms with van der Waals surface area (Å²) in [4.78, 5) is 7.37. The summed E-state index contributed by atoms with van der Waals surface area (Å²) in [6, 6.07) is 1.65. The molecule has 98 valence electrons. The Kier molecular flexibility index (Phi) is 3.29. The second-order valence-corrected chi connectivity index (χ2v) is 7.14. The van der Waals surface area contributed by atoms with Crippen LogP contribution in [0.3, 0.4) is 0 Å². The van der Waals surface area contributed by atoms with Crippen LogP contribution in [0, 0.1) is 11.7 Å². The molecule has 7 heteroatoms. The third-order valence-corrected chi connectivity index (χ3v) is 4.19. The lowest BCUT2D eigenvalue weighted by atomic mass is 10.3. The molecule has 0 saturated carbocycles. The van der Waals surface area contributed by atoms with Gasteiger partial charge in [0.2, 0.25) is 0 Å². The lowest BCUT2D eigenvalue weighted by molar-refractivity contribution is 0.564. The highest BCUT2D eigenvalue weighted by molar-refractivity contribution is 7.90. The molecule has 0 bridgehead atoms. The Balaban J connectivity index is 2.61. The molecule has 1 unspecified atom stereocenters. The molecule has 0 aliphatic rings. The smallest absolute Gasteiger partial charge is 0.179 e. The summed E-state index contributed by atoms with van der Waals surface area (Å²) in [5, 5.41) is 0. The molecule has 2 rings (SSSR count). The fraction of sp³-hybridized carbons (Fsp3) is 0.455. The molecule has 0 fully saturated rings. The minimum atomic E-state index is -3.05. The maximum atomic E-state index is 11.4. The Morgan fingerprint density at radius 3 is 2.83 bits per heavy atom. The molecule has 0 aromatic carbocycles. The van der Waals surface area contributed by atoms with Crippen LogP contribution in [-0.4, -0.2) is 35.0 Å². The summed E-state index contributed by atoms with van der Waals surface area (Å²) in [6.07, 6.45) is 2.92. The monoisotopic (exact) mass is 285 g/mol. The third-order valence-electron chi connectivity index (χ3n) is 2.80. The van der Waals surface area contributed by atoms with Gasteiger partial charge in [-0.1, -0.05) is 0 Å². The minimum absolute atomic E-state index is 0.0455. The molecule has 2 aromatic heterocycles. The first kappa shape index (κ1) is 13.2. The predicted octanol–water partition coefficient (Wildman–Crippen LogP) is 2.01. The largest absolute Gasteiger partial charge is 0.329 e. The molecule has 0 spiro atoms. The lowest BCUT2D eigenvalue weighted by Gasteiger charge is -2.12. The van der Waals surface area contributed by atoms with Gasteiger partial charge in [0.15, 0.2) is 10.4 Å². The van der Waals surface area contributed by atoms with Gasteiger partial charge in [0, 0.05) is 18.5 Å². The summed E-state index contributed by atoms with van der Waals surface area (Å²) in [6.45, 7) is 3.79. The number of imidazole rings is 1. The van der Waals surface area contributed by atoms with Gasteiger partial charge in [0.1, 0.15) is 9.84 Å².